The maximum absolute atomic E-state index is 12.8. The number of carbonyl (C=O) groups excluding carboxylic acids is 1. The molecule has 0 radical (unpaired) electrons. The minimum Gasteiger partial charge on any atom is -0.335 e. The molecule has 1 aromatic heterocycles. The molecule has 1 amide bonds. The standard InChI is InChI=1S/C20H26N4O/c1-14(2)11-23-12-16-4-3-5-18(17(16)13-23)22-20(25)15-6-8-24-9-7-21-19(24)10-15/h3-5,7,9,14-15H,6,8,10-13H2,1-2H3,(H,22,25)/t15-/m0/s1. The summed E-state index contributed by atoms with van der Waals surface area (Å²) in [6.45, 7) is 8.38. The lowest BCUT2D eigenvalue weighted by Crippen LogP contribution is -2.30. The van der Waals surface area contributed by atoms with Crippen molar-refractivity contribution in [2.24, 2.45) is 11.8 Å². The molecule has 2 aromatic rings. The molecule has 0 fully saturated rings. The highest BCUT2D eigenvalue weighted by atomic mass is 16.1. The highest BCUT2D eigenvalue weighted by molar-refractivity contribution is 5.93. The summed E-state index contributed by atoms with van der Waals surface area (Å²) in [6, 6.07) is 6.28. The number of amides is 1. The molecule has 4 rings (SSSR count). The second-order valence-corrected chi connectivity index (χ2v) is 7.72. The van der Waals surface area contributed by atoms with Crippen molar-refractivity contribution in [3.8, 4) is 0 Å². The van der Waals surface area contributed by atoms with Gasteiger partial charge >= 0.3 is 0 Å². The van der Waals surface area contributed by atoms with Crippen molar-refractivity contribution in [2.45, 2.75) is 46.3 Å². The first-order chi connectivity index (χ1) is 12.1. The Balaban J connectivity index is 1.46. The summed E-state index contributed by atoms with van der Waals surface area (Å²) in [4.78, 5) is 19.6. The summed E-state index contributed by atoms with van der Waals surface area (Å²) in [6.07, 6.45) is 5.43. The number of hydrogen-bond acceptors (Lipinski definition) is 3. The van der Waals surface area contributed by atoms with Gasteiger partial charge in [-0.1, -0.05) is 26.0 Å². The summed E-state index contributed by atoms with van der Waals surface area (Å²) in [5, 5.41) is 3.21. The predicted octanol–water partition coefficient (Wildman–Crippen LogP) is 3.06. The third kappa shape index (κ3) is 3.33. The molecule has 0 aliphatic carbocycles. The van der Waals surface area contributed by atoms with Crippen molar-refractivity contribution in [3.63, 3.8) is 0 Å². The molecule has 5 nitrogen and oxygen atoms in total. The molecule has 132 valence electrons. The molecule has 2 aliphatic heterocycles. The number of aromatic nitrogens is 2. The van der Waals surface area contributed by atoms with Crippen molar-refractivity contribution in [1.29, 1.82) is 0 Å². The number of anilines is 1. The first kappa shape index (κ1) is 16.3. The molecule has 3 heterocycles. The number of nitrogens with one attached hydrogen (secondary N) is 1. The van der Waals surface area contributed by atoms with Crippen LogP contribution in [0.2, 0.25) is 0 Å². The SMILES string of the molecule is CC(C)CN1Cc2cccc(NC(=O)[C@H]3CCn4ccnc4C3)c2C1. The molecule has 2 aliphatic rings. The minimum atomic E-state index is 0.0129. The van der Waals surface area contributed by atoms with Crippen LogP contribution in [-0.4, -0.2) is 26.9 Å². The lowest BCUT2D eigenvalue weighted by Gasteiger charge is -2.23. The number of rotatable bonds is 4. The topological polar surface area (TPSA) is 50.2 Å². The van der Waals surface area contributed by atoms with Gasteiger partial charge in [0.05, 0.1) is 0 Å². The molecule has 1 N–H and O–H groups in total. The highest BCUT2D eigenvalue weighted by Gasteiger charge is 2.27. The average Bonchev–Trinajstić information content (AvgIpc) is 3.19. The van der Waals surface area contributed by atoms with Crippen LogP contribution in [0.1, 0.15) is 37.2 Å². The molecule has 1 aromatic carbocycles. The van der Waals surface area contributed by atoms with Gasteiger partial charge in [0.2, 0.25) is 5.91 Å². The number of hydrogen-bond donors (Lipinski definition) is 1. The van der Waals surface area contributed by atoms with E-state index >= 15 is 0 Å². The van der Waals surface area contributed by atoms with E-state index in [1.807, 2.05) is 18.5 Å². The second kappa shape index (κ2) is 6.64. The van der Waals surface area contributed by atoms with Crippen LogP contribution >= 0.6 is 0 Å². The minimum absolute atomic E-state index is 0.0129. The molecule has 1 atom stereocenters. The summed E-state index contributed by atoms with van der Waals surface area (Å²) in [5.74, 6) is 1.81. The van der Waals surface area contributed by atoms with E-state index in [1.54, 1.807) is 0 Å². The van der Waals surface area contributed by atoms with Crippen molar-refractivity contribution in [3.05, 3.63) is 47.5 Å². The predicted molar refractivity (Wildman–Crippen MR) is 98.1 cm³/mol. The van der Waals surface area contributed by atoms with E-state index in [2.05, 4.69) is 45.7 Å². The molecule has 0 unspecified atom stereocenters. The fraction of sp³-hybridized carbons (Fsp3) is 0.500. The largest absolute Gasteiger partial charge is 0.335 e. The molecule has 25 heavy (non-hydrogen) atoms. The van der Waals surface area contributed by atoms with Crippen molar-refractivity contribution >= 4 is 11.6 Å². The maximum atomic E-state index is 12.8. The van der Waals surface area contributed by atoms with E-state index in [9.17, 15) is 4.79 Å². The van der Waals surface area contributed by atoms with Crippen LogP contribution in [0.4, 0.5) is 5.69 Å². The van der Waals surface area contributed by atoms with E-state index in [0.29, 0.717) is 5.92 Å². The Kier molecular flexibility index (Phi) is 4.34. The Labute approximate surface area is 149 Å². The molecule has 0 spiro atoms. The van der Waals surface area contributed by atoms with Gasteiger partial charge in [0, 0.05) is 56.6 Å². The van der Waals surface area contributed by atoms with Crippen molar-refractivity contribution in [2.75, 3.05) is 11.9 Å². The third-order valence-electron chi connectivity index (χ3n) is 5.25. The van der Waals surface area contributed by atoms with Gasteiger partial charge in [0.25, 0.3) is 0 Å². The van der Waals surface area contributed by atoms with Crippen LogP contribution in [0.3, 0.4) is 0 Å². The van der Waals surface area contributed by atoms with Crippen molar-refractivity contribution in [1.82, 2.24) is 14.5 Å². The number of fused-ring (bicyclic) bond motifs is 2. The molecule has 0 bridgehead atoms. The van der Waals surface area contributed by atoms with Crippen molar-refractivity contribution < 1.29 is 4.79 Å². The molecule has 0 saturated carbocycles. The van der Waals surface area contributed by atoms with Crippen LogP contribution in [0.5, 0.6) is 0 Å². The van der Waals surface area contributed by atoms with E-state index in [-0.39, 0.29) is 11.8 Å². The van der Waals surface area contributed by atoms with Crippen LogP contribution in [0.25, 0.3) is 0 Å². The Bertz CT molecular complexity index is 780. The fourth-order valence-corrected chi connectivity index (χ4v) is 4.06. The number of aryl methyl sites for hydroxylation is 1. The number of nitrogens with zero attached hydrogens (tertiary/aromatic N) is 3. The maximum Gasteiger partial charge on any atom is 0.228 e. The molecular formula is C20H26N4O. The summed E-state index contributed by atoms with van der Waals surface area (Å²) in [7, 11) is 0. The fourth-order valence-electron chi connectivity index (χ4n) is 4.06. The second-order valence-electron chi connectivity index (χ2n) is 7.72. The monoisotopic (exact) mass is 338 g/mol. The highest BCUT2D eigenvalue weighted by Crippen LogP contribution is 2.30. The van der Waals surface area contributed by atoms with Crippen LogP contribution < -0.4 is 5.32 Å². The Morgan fingerprint density at radius 2 is 2.24 bits per heavy atom. The van der Waals surface area contributed by atoms with Gasteiger partial charge in [-0.2, -0.15) is 0 Å². The van der Waals surface area contributed by atoms with Gasteiger partial charge < -0.3 is 9.88 Å². The Hall–Kier alpha value is -2.14. The smallest absolute Gasteiger partial charge is 0.228 e. The van der Waals surface area contributed by atoms with Gasteiger partial charge in [-0.05, 0) is 29.5 Å². The zero-order valence-electron chi connectivity index (χ0n) is 15.0. The van der Waals surface area contributed by atoms with E-state index < -0.39 is 0 Å². The zero-order chi connectivity index (χ0) is 17.4. The third-order valence-corrected chi connectivity index (χ3v) is 5.25. The van der Waals surface area contributed by atoms with Crippen LogP contribution in [0.15, 0.2) is 30.6 Å². The van der Waals surface area contributed by atoms with E-state index in [0.717, 1.165) is 50.5 Å². The lowest BCUT2D eigenvalue weighted by molar-refractivity contribution is -0.120. The van der Waals surface area contributed by atoms with Crippen LogP contribution in [-0.2, 0) is 30.8 Å². The molecular weight excluding hydrogens is 312 g/mol. The lowest BCUT2D eigenvalue weighted by atomic mass is 9.96. The normalized spacial score (nSPS) is 19.7. The summed E-state index contributed by atoms with van der Waals surface area (Å²) in [5.41, 5.74) is 3.62. The van der Waals surface area contributed by atoms with Gasteiger partial charge in [0.1, 0.15) is 5.82 Å². The first-order valence-corrected chi connectivity index (χ1v) is 9.24. The average molecular weight is 338 g/mol. The first-order valence-electron chi connectivity index (χ1n) is 9.24. The quantitative estimate of drug-likeness (QED) is 0.932. The van der Waals surface area contributed by atoms with E-state index in [4.69, 9.17) is 0 Å². The number of imidazole rings is 1. The zero-order valence-corrected chi connectivity index (χ0v) is 15.0. The van der Waals surface area contributed by atoms with E-state index in [1.165, 1.54) is 11.1 Å². The number of carbonyl (C=O) groups is 1. The van der Waals surface area contributed by atoms with Gasteiger partial charge in [-0.25, -0.2) is 4.98 Å². The molecule has 5 heteroatoms. The Morgan fingerprint density at radius 1 is 1.36 bits per heavy atom. The number of benzene rings is 1. The van der Waals surface area contributed by atoms with Gasteiger partial charge in [0.15, 0.2) is 0 Å². The molecule has 0 saturated heterocycles. The summed E-state index contributed by atoms with van der Waals surface area (Å²) >= 11 is 0. The summed E-state index contributed by atoms with van der Waals surface area (Å²) < 4.78 is 2.15. The van der Waals surface area contributed by atoms with Crippen LogP contribution in [0, 0.1) is 11.8 Å². The van der Waals surface area contributed by atoms with Gasteiger partial charge in [-0.3, -0.25) is 9.69 Å². The van der Waals surface area contributed by atoms with Gasteiger partial charge in [-0.15, -0.1) is 0 Å². The Morgan fingerprint density at radius 3 is 3.08 bits per heavy atom.